The van der Waals surface area contributed by atoms with Crippen LogP contribution in [-0.2, 0) is 10.0 Å². The van der Waals surface area contributed by atoms with E-state index in [0.29, 0.717) is 38.8 Å². The van der Waals surface area contributed by atoms with Gasteiger partial charge in [0.2, 0.25) is 10.0 Å². The molecule has 0 radical (unpaired) electrons. The highest BCUT2D eigenvalue weighted by molar-refractivity contribution is 7.89. The number of rotatable bonds is 7. The van der Waals surface area contributed by atoms with Crippen LogP contribution in [0.1, 0.15) is 47.5 Å². The molecule has 0 aromatic rings. The highest BCUT2D eigenvalue weighted by atomic mass is 32.2. The molecular formula is C18H36N6O2S. The third-order valence-electron chi connectivity index (χ3n) is 4.94. The van der Waals surface area contributed by atoms with Gasteiger partial charge in [-0.05, 0) is 47.5 Å². The number of piperidine rings is 1. The van der Waals surface area contributed by atoms with Gasteiger partial charge in [-0.1, -0.05) is 0 Å². The Balaban J connectivity index is 1.91. The molecule has 3 N–H and O–H groups in total. The van der Waals surface area contributed by atoms with E-state index in [-0.39, 0.29) is 17.3 Å². The zero-order chi connectivity index (χ0) is 20.0. The van der Waals surface area contributed by atoms with Gasteiger partial charge in [0.1, 0.15) is 17.1 Å². The molecule has 0 saturated carbocycles. The average molecular weight is 401 g/mol. The normalized spacial score (nSPS) is 22.6. The number of nitrogens with zero attached hydrogens (tertiary/aromatic N) is 3. The Morgan fingerprint density at radius 3 is 2.33 bits per heavy atom. The zero-order valence-corrected chi connectivity index (χ0v) is 18.1. The lowest BCUT2D eigenvalue weighted by molar-refractivity contribution is 0.298. The summed E-state index contributed by atoms with van der Waals surface area (Å²) in [6, 6.07) is 0.522. The predicted molar refractivity (Wildman–Crippen MR) is 112 cm³/mol. The van der Waals surface area contributed by atoms with E-state index in [1.165, 1.54) is 0 Å². The maximum atomic E-state index is 12.5. The molecule has 2 fully saturated rings. The third-order valence-corrected chi connectivity index (χ3v) is 7.20. The summed E-state index contributed by atoms with van der Waals surface area (Å²) in [6.07, 6.45) is 1.59. The number of hydrogen-bond donors (Lipinski definition) is 3. The Labute approximate surface area is 164 Å². The van der Waals surface area contributed by atoms with Gasteiger partial charge in [-0.3, -0.25) is 9.98 Å². The van der Waals surface area contributed by atoms with Gasteiger partial charge >= 0.3 is 0 Å². The molecule has 2 heterocycles. The van der Waals surface area contributed by atoms with Crippen LogP contribution in [0.5, 0.6) is 0 Å². The van der Waals surface area contributed by atoms with E-state index in [9.17, 15) is 8.42 Å². The van der Waals surface area contributed by atoms with Crippen molar-refractivity contribution in [3.8, 4) is 0 Å². The minimum absolute atomic E-state index is 0.0565. The van der Waals surface area contributed by atoms with E-state index in [1.54, 1.807) is 4.31 Å². The molecule has 0 aliphatic carbocycles. The summed E-state index contributed by atoms with van der Waals surface area (Å²) >= 11 is 0. The average Bonchev–Trinajstić information content (AvgIpc) is 2.52. The monoisotopic (exact) mass is 400 g/mol. The van der Waals surface area contributed by atoms with Crippen LogP contribution in [0.3, 0.4) is 0 Å². The fraction of sp³-hybridized carbons (Fsp3) is 0.889. The first-order valence-electron chi connectivity index (χ1n) is 10.1. The molecular weight excluding hydrogens is 364 g/mol. The Morgan fingerprint density at radius 2 is 1.85 bits per heavy atom. The Kier molecular flexibility index (Phi) is 8.05. The van der Waals surface area contributed by atoms with Crippen molar-refractivity contribution in [2.45, 2.75) is 70.8 Å². The quantitative estimate of drug-likeness (QED) is 0.429. The maximum Gasteiger partial charge on any atom is 0.219 e. The van der Waals surface area contributed by atoms with Crippen LogP contribution in [0.2, 0.25) is 0 Å². The number of hydrogen-bond acceptors (Lipinski definition) is 5. The lowest BCUT2D eigenvalue weighted by Gasteiger charge is -2.37. The Morgan fingerprint density at radius 1 is 1.22 bits per heavy atom. The molecule has 0 spiro atoms. The molecule has 2 rings (SSSR count). The van der Waals surface area contributed by atoms with Crippen LogP contribution in [0.15, 0.2) is 9.98 Å². The first kappa shape index (κ1) is 22.1. The summed E-state index contributed by atoms with van der Waals surface area (Å²) in [6.45, 7) is 13.2. The second-order valence-electron chi connectivity index (χ2n) is 7.69. The summed E-state index contributed by atoms with van der Waals surface area (Å²) in [4.78, 5) is 9.30. The molecule has 0 aromatic carbocycles. The lowest BCUT2D eigenvalue weighted by atomic mass is 10.1. The van der Waals surface area contributed by atoms with Crippen LogP contribution < -0.4 is 16.0 Å². The van der Waals surface area contributed by atoms with E-state index in [2.05, 4.69) is 34.8 Å². The summed E-state index contributed by atoms with van der Waals surface area (Å²) in [7, 11) is -3.15. The number of sulfonamides is 1. The number of amidine groups is 2. The van der Waals surface area contributed by atoms with E-state index in [4.69, 9.17) is 4.99 Å². The first-order chi connectivity index (χ1) is 12.7. The predicted octanol–water partition coefficient (Wildman–Crippen LogP) is 0.565. The molecule has 156 valence electrons. The van der Waals surface area contributed by atoms with Crippen molar-refractivity contribution in [3.63, 3.8) is 0 Å². The zero-order valence-electron chi connectivity index (χ0n) is 17.3. The van der Waals surface area contributed by atoms with Gasteiger partial charge in [0.15, 0.2) is 0 Å². The van der Waals surface area contributed by atoms with Crippen molar-refractivity contribution in [2.75, 3.05) is 32.7 Å². The van der Waals surface area contributed by atoms with Crippen LogP contribution in [0, 0.1) is 0 Å². The molecule has 2 saturated heterocycles. The first-order valence-corrected chi connectivity index (χ1v) is 11.6. The molecule has 0 amide bonds. The molecule has 0 aromatic heterocycles. The fourth-order valence-electron chi connectivity index (χ4n) is 3.42. The second kappa shape index (κ2) is 9.84. The molecule has 27 heavy (non-hydrogen) atoms. The minimum Gasteiger partial charge on any atom is -0.372 e. The minimum atomic E-state index is -3.15. The molecule has 2 aliphatic heterocycles. The van der Waals surface area contributed by atoms with E-state index in [1.807, 2.05) is 20.8 Å². The van der Waals surface area contributed by atoms with Crippen molar-refractivity contribution in [2.24, 2.45) is 9.98 Å². The topological polar surface area (TPSA) is 98.2 Å². The highest BCUT2D eigenvalue weighted by Gasteiger charge is 2.37. The largest absolute Gasteiger partial charge is 0.372 e. The molecule has 2 aliphatic rings. The summed E-state index contributed by atoms with van der Waals surface area (Å²) in [5.41, 5.74) is 0. The van der Waals surface area contributed by atoms with Gasteiger partial charge in [0.05, 0.1) is 5.84 Å². The summed E-state index contributed by atoms with van der Waals surface area (Å²) in [5.74, 6) is 1.78. The molecule has 1 unspecified atom stereocenters. The highest BCUT2D eigenvalue weighted by Crippen LogP contribution is 2.19. The second-order valence-corrected chi connectivity index (χ2v) is 9.90. The van der Waals surface area contributed by atoms with E-state index >= 15 is 0 Å². The summed E-state index contributed by atoms with van der Waals surface area (Å²) in [5, 5.41) is 9.63. The van der Waals surface area contributed by atoms with E-state index in [0.717, 1.165) is 24.5 Å². The van der Waals surface area contributed by atoms with Crippen molar-refractivity contribution in [1.29, 1.82) is 0 Å². The molecule has 9 heteroatoms. The number of nitrogens with one attached hydrogen (secondary N) is 3. The van der Waals surface area contributed by atoms with Gasteiger partial charge in [-0.2, -0.15) is 0 Å². The third kappa shape index (κ3) is 6.15. The standard InChI is InChI=1S/C18H36N6O2S/c1-6-20-18(14(4)22-15(5)21-13(2)3)23-16-7-9-24(10-8-16)27(25,26)17-11-19-12-17/h13-14,16-17,19H,6-12H2,1-5H3,(H,20,23)(H,21,22). The Bertz CT molecular complexity index is 634. The van der Waals surface area contributed by atoms with Crippen LogP contribution >= 0.6 is 0 Å². The van der Waals surface area contributed by atoms with Crippen molar-refractivity contribution in [1.82, 2.24) is 20.3 Å². The molecule has 8 nitrogen and oxygen atoms in total. The fourth-order valence-corrected chi connectivity index (χ4v) is 5.22. The molecule has 1 atom stereocenters. The van der Waals surface area contributed by atoms with Crippen LogP contribution in [0.4, 0.5) is 0 Å². The van der Waals surface area contributed by atoms with Gasteiger partial charge in [0, 0.05) is 44.8 Å². The smallest absolute Gasteiger partial charge is 0.219 e. The van der Waals surface area contributed by atoms with Crippen LogP contribution in [-0.4, -0.2) is 80.5 Å². The van der Waals surface area contributed by atoms with Crippen molar-refractivity contribution >= 4 is 21.7 Å². The van der Waals surface area contributed by atoms with Crippen LogP contribution in [0.25, 0.3) is 0 Å². The van der Waals surface area contributed by atoms with Gasteiger partial charge in [-0.15, -0.1) is 0 Å². The van der Waals surface area contributed by atoms with Crippen molar-refractivity contribution in [3.05, 3.63) is 0 Å². The Hall–Kier alpha value is -1.19. The summed E-state index contributed by atoms with van der Waals surface area (Å²) < 4.78 is 26.7. The SMILES string of the molecule is CC/N=C(/NC1CCN(S(=O)(=O)C2CNC2)CC1)C(C)/N=C(/C)NC(C)C. The number of aliphatic imine (C=N–C) groups is 2. The van der Waals surface area contributed by atoms with Crippen molar-refractivity contribution < 1.29 is 8.42 Å². The van der Waals surface area contributed by atoms with E-state index < -0.39 is 10.0 Å². The van der Waals surface area contributed by atoms with Gasteiger partial charge in [-0.25, -0.2) is 12.7 Å². The molecule has 0 bridgehead atoms. The lowest BCUT2D eigenvalue weighted by Crippen LogP contribution is -2.58. The van der Waals surface area contributed by atoms with Gasteiger partial charge < -0.3 is 16.0 Å². The maximum absolute atomic E-state index is 12.5. The van der Waals surface area contributed by atoms with Gasteiger partial charge in [0.25, 0.3) is 0 Å².